The lowest BCUT2D eigenvalue weighted by atomic mass is 9.96. The minimum absolute atomic E-state index is 0.0317. The minimum atomic E-state index is -0.192. The first-order valence-corrected chi connectivity index (χ1v) is 17.8. The van der Waals surface area contributed by atoms with Crippen LogP contribution in [0.1, 0.15) is 22.7 Å². The highest BCUT2D eigenvalue weighted by atomic mass is 16.3. The molecular weight excluding hydrogens is 653 g/mol. The van der Waals surface area contributed by atoms with Crippen LogP contribution in [0.25, 0.3) is 71.7 Å². The molecule has 1 N–H and O–H groups in total. The van der Waals surface area contributed by atoms with E-state index in [1.165, 1.54) is 5.39 Å². The van der Waals surface area contributed by atoms with Gasteiger partial charge in [-0.05, 0) is 81.2 Å². The Morgan fingerprint density at radius 2 is 1.26 bits per heavy atom. The van der Waals surface area contributed by atoms with E-state index in [1.54, 1.807) is 9.13 Å². The Labute approximate surface area is 305 Å². The molecule has 6 nitrogen and oxygen atoms in total. The van der Waals surface area contributed by atoms with Crippen molar-refractivity contribution in [3.05, 3.63) is 185 Å². The Morgan fingerprint density at radius 3 is 2.13 bits per heavy atom. The van der Waals surface area contributed by atoms with Crippen LogP contribution in [0.4, 0.5) is 0 Å². The third-order valence-electron chi connectivity index (χ3n) is 10.6. The Kier molecular flexibility index (Phi) is 7.05. The van der Waals surface area contributed by atoms with Crippen molar-refractivity contribution in [3.8, 4) is 22.3 Å². The van der Waals surface area contributed by atoms with Crippen molar-refractivity contribution >= 4 is 55.3 Å². The molecular formula is C47H34N4O2. The summed E-state index contributed by atoms with van der Waals surface area (Å²) in [6.07, 6.45) is 2.21. The van der Waals surface area contributed by atoms with Crippen molar-refractivity contribution in [2.45, 2.75) is 6.04 Å². The summed E-state index contributed by atoms with van der Waals surface area (Å²) < 4.78 is 9.75. The Balaban J connectivity index is 1.01. The van der Waals surface area contributed by atoms with E-state index in [4.69, 9.17) is 9.41 Å². The van der Waals surface area contributed by atoms with E-state index in [2.05, 4.69) is 139 Å². The van der Waals surface area contributed by atoms with Gasteiger partial charge in [0.2, 0.25) is 0 Å². The van der Waals surface area contributed by atoms with Crippen LogP contribution >= 0.6 is 0 Å². The number of furan rings is 1. The summed E-state index contributed by atoms with van der Waals surface area (Å²) in [5.41, 5.74) is 12.2. The highest BCUT2D eigenvalue weighted by Gasteiger charge is 2.20. The molecule has 0 fully saturated rings. The number of nitrogens with zero attached hydrogens (tertiary/aromatic N) is 3. The molecule has 0 spiro atoms. The van der Waals surface area contributed by atoms with E-state index in [0.29, 0.717) is 0 Å². The summed E-state index contributed by atoms with van der Waals surface area (Å²) >= 11 is 0. The predicted octanol–water partition coefficient (Wildman–Crippen LogP) is 10.4. The van der Waals surface area contributed by atoms with Gasteiger partial charge in [-0.15, -0.1) is 0 Å². The van der Waals surface area contributed by atoms with E-state index in [9.17, 15) is 4.79 Å². The first-order valence-electron chi connectivity index (χ1n) is 17.8. The van der Waals surface area contributed by atoms with Crippen LogP contribution in [0.2, 0.25) is 0 Å². The summed E-state index contributed by atoms with van der Waals surface area (Å²) in [5.74, 6) is 0.827. The zero-order valence-corrected chi connectivity index (χ0v) is 29.2. The molecule has 1 aliphatic heterocycles. The summed E-state index contributed by atoms with van der Waals surface area (Å²) in [4.78, 5) is 17.8. The molecule has 0 saturated carbocycles. The smallest absolute Gasteiger partial charge is 0.328 e. The number of amidine groups is 1. The fourth-order valence-electron chi connectivity index (χ4n) is 7.73. The van der Waals surface area contributed by atoms with Gasteiger partial charge in [0.15, 0.2) is 0 Å². The molecule has 9 aromatic rings. The number of hydrogen-bond donors (Lipinski definition) is 1. The topological polar surface area (TPSA) is 64.5 Å². The van der Waals surface area contributed by atoms with Gasteiger partial charge >= 0.3 is 5.69 Å². The molecule has 0 bridgehead atoms. The number of aliphatic imine (C=N–C) groups is 1. The van der Waals surface area contributed by atoms with Gasteiger partial charge in [0.1, 0.15) is 17.0 Å². The van der Waals surface area contributed by atoms with E-state index in [1.807, 2.05) is 38.4 Å². The molecule has 0 saturated heterocycles. The molecule has 53 heavy (non-hydrogen) atoms. The van der Waals surface area contributed by atoms with Gasteiger partial charge in [-0.3, -0.25) is 14.1 Å². The molecule has 0 radical (unpaired) electrons. The molecule has 1 unspecified atom stereocenters. The number of fused-ring (bicyclic) bond motifs is 6. The van der Waals surface area contributed by atoms with Gasteiger partial charge in [0, 0.05) is 41.5 Å². The Hall–Kier alpha value is -6.92. The minimum Gasteiger partial charge on any atom is -0.455 e. The van der Waals surface area contributed by atoms with Gasteiger partial charge in [-0.2, -0.15) is 0 Å². The van der Waals surface area contributed by atoms with Crippen molar-refractivity contribution in [1.29, 1.82) is 0 Å². The van der Waals surface area contributed by atoms with E-state index in [-0.39, 0.29) is 11.7 Å². The van der Waals surface area contributed by atoms with Crippen molar-refractivity contribution in [1.82, 2.24) is 14.5 Å². The summed E-state index contributed by atoms with van der Waals surface area (Å²) in [6.45, 7) is 0. The van der Waals surface area contributed by atoms with Crippen LogP contribution < -0.4 is 11.0 Å². The molecule has 0 aliphatic carbocycles. The maximum Gasteiger partial charge on any atom is 0.328 e. The monoisotopic (exact) mass is 686 g/mol. The lowest BCUT2D eigenvalue weighted by Gasteiger charge is -2.24. The molecule has 0 amide bonds. The van der Waals surface area contributed by atoms with Gasteiger partial charge in [0.05, 0.1) is 17.1 Å². The van der Waals surface area contributed by atoms with Gasteiger partial charge in [0.25, 0.3) is 0 Å². The van der Waals surface area contributed by atoms with Crippen molar-refractivity contribution < 1.29 is 4.42 Å². The van der Waals surface area contributed by atoms with Crippen molar-refractivity contribution in [2.24, 2.45) is 19.1 Å². The maximum absolute atomic E-state index is 12.6. The normalized spacial score (nSPS) is 14.5. The lowest BCUT2D eigenvalue weighted by Crippen LogP contribution is -2.27. The average Bonchev–Trinajstić information content (AvgIpc) is 3.71. The van der Waals surface area contributed by atoms with Crippen LogP contribution in [0, 0.1) is 0 Å². The summed E-state index contributed by atoms with van der Waals surface area (Å²) in [6, 6.07) is 52.7. The Bertz CT molecular complexity index is 3020. The predicted molar refractivity (Wildman–Crippen MR) is 217 cm³/mol. The average molecular weight is 687 g/mol. The molecule has 3 heterocycles. The number of benzene rings is 7. The van der Waals surface area contributed by atoms with Gasteiger partial charge < -0.3 is 9.73 Å². The molecule has 6 heteroatoms. The van der Waals surface area contributed by atoms with Crippen molar-refractivity contribution in [2.75, 3.05) is 0 Å². The molecule has 1 atom stereocenters. The van der Waals surface area contributed by atoms with Crippen LogP contribution in [-0.2, 0) is 14.1 Å². The fraction of sp³-hybridized carbons (Fsp3) is 0.0638. The molecule has 1 aliphatic rings. The molecule has 10 rings (SSSR count). The number of aromatic nitrogens is 2. The van der Waals surface area contributed by atoms with Crippen LogP contribution in [0.15, 0.2) is 172 Å². The summed E-state index contributed by atoms with van der Waals surface area (Å²) in [7, 11) is 3.63. The first-order chi connectivity index (χ1) is 26.0. The second-order valence-electron chi connectivity index (χ2n) is 13.8. The zero-order chi connectivity index (χ0) is 35.6. The number of rotatable bonds is 5. The quantitative estimate of drug-likeness (QED) is 0.196. The first kappa shape index (κ1) is 30.9. The molecule has 7 aromatic carbocycles. The fourth-order valence-corrected chi connectivity index (χ4v) is 7.73. The molecule has 2 aromatic heterocycles. The third kappa shape index (κ3) is 5.18. The van der Waals surface area contributed by atoms with E-state index in [0.717, 1.165) is 88.8 Å². The third-order valence-corrected chi connectivity index (χ3v) is 10.6. The van der Waals surface area contributed by atoms with Crippen LogP contribution in [-0.4, -0.2) is 15.0 Å². The zero-order valence-electron chi connectivity index (χ0n) is 29.2. The highest BCUT2D eigenvalue weighted by molar-refractivity contribution is 6.15. The van der Waals surface area contributed by atoms with E-state index < -0.39 is 0 Å². The number of nitrogens with one attached hydrogen (secondary N) is 1. The van der Waals surface area contributed by atoms with Crippen LogP contribution in [0.3, 0.4) is 0 Å². The number of hydrogen-bond acceptors (Lipinski definition) is 4. The van der Waals surface area contributed by atoms with E-state index >= 15 is 0 Å². The second-order valence-corrected chi connectivity index (χ2v) is 13.8. The molecule has 254 valence electrons. The SMILES string of the molecule is Cn1c(=O)n(C)c2cc(-c3cccc(C4=CC(c5ccc(-c6ccc7oc8c9ccccc9ccc8c7c6)cc5)N=C(c5ccccc5)N4)c3)ccc21. The van der Waals surface area contributed by atoms with Crippen LogP contribution in [0.5, 0.6) is 0 Å². The number of aryl methyl sites for hydroxylation is 2. The van der Waals surface area contributed by atoms with Gasteiger partial charge in [-0.1, -0.05) is 115 Å². The number of imidazole rings is 1. The highest BCUT2D eigenvalue weighted by Crippen LogP contribution is 2.37. The maximum atomic E-state index is 12.6. The van der Waals surface area contributed by atoms with Crippen molar-refractivity contribution in [3.63, 3.8) is 0 Å². The standard InChI is InChI=1S/C47H34N4O2/c1-50-42-23-20-35(27-43(42)51(2)47(50)52)33-12-8-13-36(25-33)41-28-40(48-46(49-41)32-10-4-3-5-11-32)31-17-15-29(16-18-31)34-21-24-44-39(26-34)38-22-19-30-9-6-7-14-37(30)45(38)53-44/h3-28,40H,1-2H3,(H,48,49). The summed E-state index contributed by atoms with van der Waals surface area (Å²) in [5, 5.41) is 8.19. The lowest BCUT2D eigenvalue weighted by molar-refractivity contribution is 0.672. The largest absolute Gasteiger partial charge is 0.455 e. The van der Waals surface area contributed by atoms with Gasteiger partial charge in [-0.25, -0.2) is 4.79 Å². The second kappa shape index (κ2) is 12.1. The Morgan fingerprint density at radius 1 is 0.566 bits per heavy atom.